The summed E-state index contributed by atoms with van der Waals surface area (Å²) in [7, 11) is 3.42. The number of nitrogens with two attached hydrogens (primary N) is 3. The largest absolute Gasteiger partial charge is 0.391 e. The molecule has 0 bridgehead atoms. The third-order valence-corrected chi connectivity index (χ3v) is 16.7. The van der Waals surface area contributed by atoms with Crippen LogP contribution in [0, 0.1) is 0 Å². The van der Waals surface area contributed by atoms with Gasteiger partial charge in [-0.25, -0.2) is 0 Å². The molecule has 9 atom stereocenters. The zero-order valence-corrected chi connectivity index (χ0v) is 47.7. The zero-order valence-electron chi connectivity index (χ0n) is 45.3. The van der Waals surface area contributed by atoms with Crippen LogP contribution in [0.5, 0.6) is 0 Å². The monoisotopic (exact) mass is 1180 g/mol. The minimum Gasteiger partial charge on any atom is -0.391 e. The number of aromatic amines is 1. The molecule has 434 valence electrons. The van der Waals surface area contributed by atoms with Crippen LogP contribution in [0.1, 0.15) is 48.4 Å². The first kappa shape index (κ1) is 62.1. The molecule has 3 heterocycles. The second kappa shape index (κ2) is 30.0. The number of aliphatic hydroxyl groups excluding tert-OH is 1. The number of carbonyl (C=O) groups is 8. The topological polar surface area (TPSA) is 339 Å². The molecule has 1 saturated heterocycles. The average molecular weight is 1180 g/mol. The second-order valence-electron chi connectivity index (χ2n) is 20.2. The Morgan fingerprint density at radius 3 is 2.21 bits per heavy atom. The van der Waals surface area contributed by atoms with Crippen LogP contribution in [-0.2, 0) is 64.0 Å². The highest BCUT2D eigenvalue weighted by atomic mass is 35.5. The number of rotatable bonds is 18. The summed E-state index contributed by atoms with van der Waals surface area (Å²) >= 11 is 6.11. The van der Waals surface area contributed by atoms with E-state index in [1.165, 1.54) is 20.2 Å². The van der Waals surface area contributed by atoms with E-state index in [2.05, 4.69) is 41.9 Å². The van der Waals surface area contributed by atoms with Crippen LogP contribution in [-0.4, -0.2) is 147 Å². The Labute approximate surface area is 487 Å². The van der Waals surface area contributed by atoms with Gasteiger partial charge >= 0.3 is 0 Å². The van der Waals surface area contributed by atoms with Crippen LogP contribution in [0.25, 0.3) is 21.7 Å². The Balaban J connectivity index is 1.26. The minimum absolute atomic E-state index is 0.0162. The van der Waals surface area contributed by atoms with Crippen molar-refractivity contribution in [3.8, 4) is 0 Å². The summed E-state index contributed by atoms with van der Waals surface area (Å²) in [4.78, 5) is 124. The smallest absolute Gasteiger partial charge is 0.245 e. The van der Waals surface area contributed by atoms with Gasteiger partial charge in [-0.15, -0.1) is 0 Å². The van der Waals surface area contributed by atoms with E-state index in [1.54, 1.807) is 54.9 Å². The molecule has 0 spiro atoms. The Morgan fingerprint density at radius 2 is 1.49 bits per heavy atom. The molecule has 6 aromatic rings. The van der Waals surface area contributed by atoms with Crippen LogP contribution in [0.4, 0.5) is 0 Å². The number of halogens is 1. The van der Waals surface area contributed by atoms with Gasteiger partial charge in [0.1, 0.15) is 42.3 Å². The predicted molar refractivity (Wildman–Crippen MR) is 318 cm³/mol. The molecular weight excluding hydrogens is 1110 g/mol. The number of likely N-dealkylation sites (N-methyl/N-ethyl adjacent to an activating group) is 1. The molecule has 8 amide bonds. The van der Waals surface area contributed by atoms with Crippen molar-refractivity contribution in [3.63, 3.8) is 0 Å². The van der Waals surface area contributed by atoms with Gasteiger partial charge in [0.15, 0.2) is 0 Å². The lowest BCUT2D eigenvalue weighted by atomic mass is 10.00. The number of H-pyrrole nitrogens is 1. The molecule has 0 aliphatic carbocycles. The number of nitrogens with one attached hydrogen (secondary N) is 7. The normalized spacial score (nSPS) is 21.0. The van der Waals surface area contributed by atoms with Crippen molar-refractivity contribution in [1.82, 2.24) is 46.8 Å². The van der Waals surface area contributed by atoms with Crippen LogP contribution in [0.15, 0.2) is 122 Å². The van der Waals surface area contributed by atoms with E-state index in [0.717, 1.165) is 48.2 Å². The van der Waals surface area contributed by atoms with E-state index >= 15 is 4.79 Å². The molecule has 0 unspecified atom stereocenters. The van der Waals surface area contributed by atoms with E-state index in [0.29, 0.717) is 40.1 Å². The number of nitrogens with zero attached hydrogens (tertiary/aromatic N) is 2. The number of benzene rings is 4. The summed E-state index contributed by atoms with van der Waals surface area (Å²) in [6, 6.07) is 19.5. The second-order valence-corrected chi connectivity index (χ2v) is 23.2. The number of amides is 8. The van der Waals surface area contributed by atoms with Gasteiger partial charge in [-0.05, 0) is 96.4 Å². The number of unbranched alkanes of at least 4 members (excludes halogenated alkanes) is 1. The molecular formula is C58H69ClN12O9S2. The van der Waals surface area contributed by atoms with Gasteiger partial charge in [-0.3, -0.25) is 43.3 Å². The van der Waals surface area contributed by atoms with Gasteiger partial charge in [0.25, 0.3) is 0 Å². The zero-order chi connectivity index (χ0) is 58.9. The van der Waals surface area contributed by atoms with Crippen molar-refractivity contribution in [1.29, 1.82) is 0 Å². The van der Waals surface area contributed by atoms with Crippen molar-refractivity contribution in [2.45, 2.75) is 106 Å². The Hall–Kier alpha value is -7.54. The van der Waals surface area contributed by atoms with Crippen molar-refractivity contribution in [2.75, 3.05) is 25.1 Å². The fraction of sp³-hybridized carbons (Fsp3) is 0.362. The maximum Gasteiger partial charge on any atom is 0.245 e. The number of aliphatic hydroxyl groups is 1. The highest BCUT2D eigenvalue weighted by Crippen LogP contribution is 2.25. The van der Waals surface area contributed by atoms with Gasteiger partial charge in [0.2, 0.25) is 47.3 Å². The quantitative estimate of drug-likeness (QED) is 0.0434. The molecule has 14 N–H and O–H groups in total. The number of hydrogen-bond donors (Lipinski definition) is 11. The number of carbonyl (C=O) groups excluding carboxylic acids is 8. The number of pyridine rings is 1. The third-order valence-electron chi connectivity index (χ3n) is 14.1. The maximum atomic E-state index is 15.2. The third kappa shape index (κ3) is 17.2. The predicted octanol–water partition coefficient (Wildman–Crippen LogP) is 2.09. The van der Waals surface area contributed by atoms with Gasteiger partial charge in [-0.1, -0.05) is 112 Å². The SMILES string of the molecule is C[C@H](O)[C@H]1NC(=O)[C@H](CCCCN)N(C)C(=O)[C@@H](Cc2c[nH]c3ccccc23)NC(=O)[C@H](Cc2cccnc2)NC(=O)[C@@H](NC(=O)[C@@H](N)Cc2ccc(Cl)cc2)CSSC[C@H](C(=O)N[C@@H](Cc2ccc3ccccc3c2)C(N)=O)NC1=O. The fourth-order valence-corrected chi connectivity index (χ4v) is 11.9. The number of aromatic nitrogens is 2. The lowest BCUT2D eigenvalue weighted by Gasteiger charge is -2.33. The summed E-state index contributed by atoms with van der Waals surface area (Å²) in [5.74, 6) is -7.02. The highest BCUT2D eigenvalue weighted by Gasteiger charge is 2.38. The van der Waals surface area contributed by atoms with Crippen molar-refractivity contribution >= 4 is 102 Å². The van der Waals surface area contributed by atoms with Crippen molar-refractivity contribution in [2.24, 2.45) is 17.2 Å². The Morgan fingerprint density at radius 1 is 0.780 bits per heavy atom. The van der Waals surface area contributed by atoms with Crippen LogP contribution in [0.3, 0.4) is 0 Å². The molecule has 0 saturated carbocycles. The molecule has 82 heavy (non-hydrogen) atoms. The Kier molecular flexibility index (Phi) is 22.7. The summed E-state index contributed by atoms with van der Waals surface area (Å²) in [5.41, 5.74) is 21.5. The first-order valence-electron chi connectivity index (χ1n) is 26.8. The minimum atomic E-state index is -1.70. The fourth-order valence-electron chi connectivity index (χ4n) is 9.47. The number of primary amides is 1. The highest BCUT2D eigenvalue weighted by molar-refractivity contribution is 8.76. The van der Waals surface area contributed by atoms with E-state index < -0.39 is 102 Å². The lowest BCUT2D eigenvalue weighted by molar-refractivity contribution is -0.143. The molecule has 1 fully saturated rings. The molecule has 1 aliphatic rings. The Bertz CT molecular complexity index is 3210. The van der Waals surface area contributed by atoms with E-state index in [4.69, 9.17) is 28.8 Å². The molecule has 0 radical (unpaired) electrons. The van der Waals surface area contributed by atoms with Crippen molar-refractivity contribution in [3.05, 3.63) is 149 Å². The van der Waals surface area contributed by atoms with Gasteiger partial charge in [-0.2, -0.15) is 0 Å². The summed E-state index contributed by atoms with van der Waals surface area (Å²) < 4.78 is 0. The number of para-hydroxylation sites is 1. The summed E-state index contributed by atoms with van der Waals surface area (Å²) in [6.07, 6.45) is 3.87. The van der Waals surface area contributed by atoms with E-state index in [9.17, 15) is 38.7 Å². The van der Waals surface area contributed by atoms with Crippen LogP contribution in [0.2, 0.25) is 5.02 Å². The molecule has 1 aliphatic heterocycles. The summed E-state index contributed by atoms with van der Waals surface area (Å²) in [6.45, 7) is 1.52. The maximum absolute atomic E-state index is 15.2. The molecule has 4 aromatic carbocycles. The average Bonchev–Trinajstić information content (AvgIpc) is 3.98. The molecule has 21 nitrogen and oxygen atoms in total. The van der Waals surface area contributed by atoms with Gasteiger partial charge in [0.05, 0.1) is 12.1 Å². The van der Waals surface area contributed by atoms with Crippen LogP contribution < -0.4 is 49.1 Å². The lowest BCUT2D eigenvalue weighted by Crippen LogP contribution is -2.62. The van der Waals surface area contributed by atoms with Gasteiger partial charge < -0.3 is 64.1 Å². The number of fused-ring (bicyclic) bond motifs is 2. The summed E-state index contributed by atoms with van der Waals surface area (Å²) in [5, 5.41) is 30.6. The van der Waals surface area contributed by atoms with Gasteiger partial charge in [0, 0.05) is 72.3 Å². The first-order chi connectivity index (χ1) is 39.4. The van der Waals surface area contributed by atoms with E-state index in [-0.39, 0.29) is 50.2 Å². The van der Waals surface area contributed by atoms with Crippen molar-refractivity contribution < 1.29 is 43.5 Å². The number of hydrogen-bond acceptors (Lipinski definition) is 14. The first-order valence-corrected chi connectivity index (χ1v) is 29.7. The molecule has 2 aromatic heterocycles. The standard InChI is InChI=1S/C58H69ClN12O9S2/c1-33(72)50-57(79)69-48(54(76)65-44(51(62)73)26-35-16-19-37-11-3-4-12-38(37)24-35)32-82-81-31-47(68-52(74)42(61)25-34-17-20-40(59)21-18-34)55(77)66-45(27-36-10-9-23-63-29-36)53(75)67-46(28-39-30-64-43-14-6-5-13-41(39)43)58(80)71(2)49(56(78)70-50)15-7-8-22-60/h3-6,9-14,16-21,23-24,29-30,33,42,44-50,64,72H,7-8,15,22,25-28,31-32,60-61H2,1-2H3,(H2,62,73)(H,65,76)(H,66,77)(H,67,75)(H,68,74)(H,69,79)(H,70,78)/t33-,42-,44-,45-,46+,47-,48+,49-,50+/m0/s1. The van der Waals surface area contributed by atoms with E-state index in [1.807, 2.05) is 60.7 Å². The molecule has 7 rings (SSSR count). The molecule has 24 heteroatoms. The van der Waals surface area contributed by atoms with Crippen LogP contribution >= 0.6 is 33.2 Å².